The molecule has 1 N–H and O–H groups in total. The molecule has 3 aromatic heterocycles. The summed E-state index contributed by atoms with van der Waals surface area (Å²) >= 11 is 0. The fraction of sp³-hybridized carbons (Fsp3) is 0.391. The van der Waals surface area contributed by atoms with Gasteiger partial charge in [0, 0.05) is 31.4 Å². The summed E-state index contributed by atoms with van der Waals surface area (Å²) in [6.07, 6.45) is 5.84. The van der Waals surface area contributed by atoms with Crippen molar-refractivity contribution in [2.45, 2.75) is 31.7 Å². The van der Waals surface area contributed by atoms with E-state index in [2.05, 4.69) is 19.9 Å². The van der Waals surface area contributed by atoms with E-state index >= 15 is 0 Å². The van der Waals surface area contributed by atoms with Gasteiger partial charge in [-0.1, -0.05) is 6.08 Å². The quantitative estimate of drug-likeness (QED) is 0.476. The first kappa shape index (κ1) is 24.6. The third-order valence-corrected chi connectivity index (χ3v) is 5.24. The number of ether oxygens (including phenoxy) is 3. The van der Waals surface area contributed by atoms with E-state index in [1.807, 2.05) is 0 Å². The van der Waals surface area contributed by atoms with E-state index in [4.69, 9.17) is 14.2 Å². The number of H-pyrrole nitrogens is 1. The maximum absolute atomic E-state index is 12.9. The molecule has 35 heavy (non-hydrogen) atoms. The SMILES string of the molecule is CN(C(=O)C(F)(F)F)c1nc(/C=C/c2cncc(OCCOC3CCCCO3)c2)c2cc[nH]c2n1. The maximum Gasteiger partial charge on any atom is 0.471 e. The van der Waals surface area contributed by atoms with Crippen LogP contribution in [-0.2, 0) is 14.3 Å². The molecule has 0 bridgehead atoms. The molecule has 1 aliphatic heterocycles. The number of nitrogens with one attached hydrogen (secondary N) is 1. The Labute approximate surface area is 198 Å². The summed E-state index contributed by atoms with van der Waals surface area (Å²) in [6, 6.07) is 3.45. The van der Waals surface area contributed by atoms with Crippen LogP contribution in [0, 0.1) is 0 Å². The first-order valence-electron chi connectivity index (χ1n) is 11.0. The van der Waals surface area contributed by atoms with Gasteiger partial charge in [-0.2, -0.15) is 18.2 Å². The number of pyridine rings is 1. The normalized spacial score (nSPS) is 16.6. The number of halogens is 3. The number of anilines is 1. The topological polar surface area (TPSA) is 102 Å². The molecule has 3 aromatic rings. The third-order valence-electron chi connectivity index (χ3n) is 5.24. The smallest absolute Gasteiger partial charge is 0.471 e. The summed E-state index contributed by atoms with van der Waals surface area (Å²) in [5, 5.41) is 0.584. The molecule has 9 nitrogen and oxygen atoms in total. The minimum atomic E-state index is -5.04. The molecule has 1 aliphatic rings. The molecule has 1 fully saturated rings. The maximum atomic E-state index is 12.9. The number of hydrogen-bond acceptors (Lipinski definition) is 7. The molecular weight excluding hydrogens is 467 g/mol. The van der Waals surface area contributed by atoms with Gasteiger partial charge in [-0.3, -0.25) is 14.7 Å². The van der Waals surface area contributed by atoms with Crippen LogP contribution in [0.15, 0.2) is 30.7 Å². The summed E-state index contributed by atoms with van der Waals surface area (Å²) < 4.78 is 55.4. The van der Waals surface area contributed by atoms with Crippen molar-refractivity contribution in [1.29, 1.82) is 0 Å². The Morgan fingerprint density at radius 2 is 2.11 bits per heavy atom. The molecular formula is C23H24F3N5O4. The summed E-state index contributed by atoms with van der Waals surface area (Å²) in [7, 11) is 0.974. The molecule has 0 aliphatic carbocycles. The van der Waals surface area contributed by atoms with Gasteiger partial charge in [0.1, 0.15) is 18.0 Å². The summed E-state index contributed by atoms with van der Waals surface area (Å²) in [5.41, 5.74) is 1.32. The largest absolute Gasteiger partial charge is 0.490 e. The number of rotatable bonds is 8. The van der Waals surface area contributed by atoms with Gasteiger partial charge in [0.15, 0.2) is 6.29 Å². The van der Waals surface area contributed by atoms with E-state index in [-0.39, 0.29) is 12.2 Å². The Morgan fingerprint density at radius 1 is 1.26 bits per heavy atom. The number of alkyl halides is 3. The number of nitrogens with zero attached hydrogens (tertiary/aromatic N) is 4. The van der Waals surface area contributed by atoms with E-state index in [0.29, 0.717) is 52.8 Å². The van der Waals surface area contributed by atoms with Gasteiger partial charge < -0.3 is 19.2 Å². The van der Waals surface area contributed by atoms with Crippen LogP contribution in [0.4, 0.5) is 19.1 Å². The van der Waals surface area contributed by atoms with Crippen LogP contribution in [0.5, 0.6) is 5.75 Å². The number of fused-ring (bicyclic) bond motifs is 1. The van der Waals surface area contributed by atoms with Crippen LogP contribution in [0.1, 0.15) is 30.5 Å². The van der Waals surface area contributed by atoms with E-state index in [9.17, 15) is 18.0 Å². The van der Waals surface area contributed by atoms with E-state index in [1.165, 1.54) is 0 Å². The summed E-state index contributed by atoms with van der Waals surface area (Å²) in [4.78, 5) is 27.2. The predicted octanol–water partition coefficient (Wildman–Crippen LogP) is 3.97. The Morgan fingerprint density at radius 3 is 2.89 bits per heavy atom. The van der Waals surface area contributed by atoms with E-state index < -0.39 is 12.1 Å². The molecule has 4 heterocycles. The lowest BCUT2D eigenvalue weighted by Gasteiger charge is -2.22. The van der Waals surface area contributed by atoms with Crippen LogP contribution >= 0.6 is 0 Å². The number of aromatic nitrogens is 4. The minimum Gasteiger partial charge on any atom is -0.490 e. The number of carbonyl (C=O) groups is 1. The van der Waals surface area contributed by atoms with Crippen molar-refractivity contribution < 1.29 is 32.2 Å². The highest BCUT2D eigenvalue weighted by Crippen LogP contribution is 2.24. The van der Waals surface area contributed by atoms with E-state index in [1.54, 1.807) is 42.9 Å². The highest BCUT2D eigenvalue weighted by atomic mass is 19.4. The van der Waals surface area contributed by atoms with Crippen LogP contribution in [0.3, 0.4) is 0 Å². The molecule has 0 spiro atoms. The lowest BCUT2D eigenvalue weighted by molar-refractivity contribution is -0.170. The second-order valence-corrected chi connectivity index (χ2v) is 7.81. The lowest BCUT2D eigenvalue weighted by Crippen LogP contribution is -2.39. The molecule has 0 aromatic carbocycles. The van der Waals surface area contributed by atoms with Crippen LogP contribution in [0.2, 0.25) is 0 Å². The molecule has 0 radical (unpaired) electrons. The van der Waals surface area contributed by atoms with Crippen molar-refractivity contribution in [3.8, 4) is 5.75 Å². The second-order valence-electron chi connectivity index (χ2n) is 7.81. The Hall–Kier alpha value is -3.51. The van der Waals surface area contributed by atoms with Crippen LogP contribution in [0.25, 0.3) is 23.2 Å². The zero-order chi connectivity index (χ0) is 24.8. The van der Waals surface area contributed by atoms with Gasteiger partial charge >= 0.3 is 12.1 Å². The summed E-state index contributed by atoms with van der Waals surface area (Å²) in [5.74, 6) is -1.91. The average molecular weight is 491 g/mol. The van der Waals surface area contributed by atoms with Crippen molar-refractivity contribution in [2.75, 3.05) is 31.8 Å². The van der Waals surface area contributed by atoms with Crippen molar-refractivity contribution in [2.24, 2.45) is 0 Å². The van der Waals surface area contributed by atoms with Crippen LogP contribution in [-0.4, -0.2) is 65.2 Å². The van der Waals surface area contributed by atoms with Crippen molar-refractivity contribution in [3.05, 3.63) is 42.0 Å². The molecule has 1 amide bonds. The van der Waals surface area contributed by atoms with Gasteiger partial charge in [0.25, 0.3) is 0 Å². The standard InChI is InChI=1S/C23H24F3N5O4/c1-31(21(32)23(24,25)26)22-29-18(17-7-8-28-20(17)30-22)6-5-15-12-16(14-27-13-15)33-10-11-35-19-4-2-3-9-34-19/h5-8,12-14,19H,2-4,9-11H2,1H3,(H,28,29,30)/b6-5+. The van der Waals surface area contributed by atoms with Crippen molar-refractivity contribution >= 4 is 35.0 Å². The minimum absolute atomic E-state index is 0.187. The fourth-order valence-corrected chi connectivity index (χ4v) is 3.47. The highest BCUT2D eigenvalue weighted by Gasteiger charge is 2.42. The molecule has 186 valence electrons. The Kier molecular flexibility index (Phi) is 7.61. The number of amides is 1. The Bertz CT molecular complexity index is 1190. The molecule has 1 unspecified atom stereocenters. The number of hydrogen-bond donors (Lipinski definition) is 1. The predicted molar refractivity (Wildman–Crippen MR) is 122 cm³/mol. The van der Waals surface area contributed by atoms with Gasteiger partial charge in [-0.15, -0.1) is 0 Å². The molecule has 12 heteroatoms. The molecule has 4 rings (SSSR count). The third kappa shape index (κ3) is 6.34. The van der Waals surface area contributed by atoms with Crippen molar-refractivity contribution in [1.82, 2.24) is 19.9 Å². The van der Waals surface area contributed by atoms with Gasteiger partial charge in [-0.05, 0) is 43.0 Å². The fourth-order valence-electron chi connectivity index (χ4n) is 3.47. The molecule has 1 saturated heterocycles. The monoisotopic (exact) mass is 491 g/mol. The molecule has 1 atom stereocenters. The first-order valence-corrected chi connectivity index (χ1v) is 11.0. The lowest BCUT2D eigenvalue weighted by atomic mass is 10.2. The van der Waals surface area contributed by atoms with Gasteiger partial charge in [-0.25, -0.2) is 4.98 Å². The number of aromatic amines is 1. The zero-order valence-corrected chi connectivity index (χ0v) is 18.9. The second kappa shape index (κ2) is 10.8. The van der Waals surface area contributed by atoms with Gasteiger partial charge in [0.05, 0.1) is 18.5 Å². The van der Waals surface area contributed by atoms with Crippen LogP contribution < -0.4 is 9.64 Å². The number of carbonyl (C=O) groups excluding carboxylic acids is 1. The first-order chi connectivity index (χ1) is 16.8. The average Bonchev–Trinajstić information content (AvgIpc) is 3.33. The van der Waals surface area contributed by atoms with Gasteiger partial charge in [0.2, 0.25) is 5.95 Å². The van der Waals surface area contributed by atoms with E-state index in [0.717, 1.165) is 26.3 Å². The summed E-state index contributed by atoms with van der Waals surface area (Å²) in [6.45, 7) is 1.42. The Balaban J connectivity index is 1.44. The van der Waals surface area contributed by atoms with Crippen molar-refractivity contribution in [3.63, 3.8) is 0 Å². The zero-order valence-electron chi connectivity index (χ0n) is 18.9. The highest BCUT2D eigenvalue weighted by molar-refractivity contribution is 5.96. The molecule has 0 saturated carbocycles.